The first kappa shape index (κ1) is 15.9. The summed E-state index contributed by atoms with van der Waals surface area (Å²) in [4.78, 5) is 2.45. The topological polar surface area (TPSA) is 24.5 Å². The van der Waals surface area contributed by atoms with Crippen LogP contribution < -0.4 is 10.1 Å². The van der Waals surface area contributed by atoms with Crippen molar-refractivity contribution < 1.29 is 4.74 Å². The lowest BCUT2D eigenvalue weighted by atomic mass is 10.1. The zero-order valence-electron chi connectivity index (χ0n) is 11.9. The Morgan fingerprint density at radius 3 is 2.65 bits per heavy atom. The summed E-state index contributed by atoms with van der Waals surface area (Å²) in [6.45, 7) is 4.68. The van der Waals surface area contributed by atoms with Gasteiger partial charge in [0.15, 0.2) is 0 Å². The second-order valence-electron chi connectivity index (χ2n) is 5.16. The number of halogens is 2. The van der Waals surface area contributed by atoms with Crippen molar-refractivity contribution in [3.8, 4) is 5.75 Å². The second-order valence-corrected chi connectivity index (χ2v) is 6.00. The van der Waals surface area contributed by atoms with Crippen molar-refractivity contribution in [1.29, 1.82) is 0 Å². The van der Waals surface area contributed by atoms with Crippen LogP contribution in [-0.2, 0) is 6.54 Å². The van der Waals surface area contributed by atoms with Gasteiger partial charge in [0, 0.05) is 23.7 Å². The number of hydrogen-bond donors (Lipinski definition) is 1. The third kappa shape index (κ3) is 4.52. The molecule has 3 nitrogen and oxygen atoms in total. The van der Waals surface area contributed by atoms with Crippen LogP contribution in [0.2, 0.25) is 10.0 Å². The van der Waals surface area contributed by atoms with Crippen LogP contribution in [0.3, 0.4) is 0 Å². The van der Waals surface area contributed by atoms with E-state index in [0.717, 1.165) is 17.9 Å². The number of nitrogens with zero attached hydrogens (tertiary/aromatic N) is 1. The molecule has 0 bridgehead atoms. The number of likely N-dealkylation sites (tertiary alicyclic amines) is 1. The molecule has 0 aromatic heterocycles. The van der Waals surface area contributed by atoms with Crippen LogP contribution >= 0.6 is 23.2 Å². The van der Waals surface area contributed by atoms with Crippen LogP contribution in [0.15, 0.2) is 12.1 Å². The Bertz CT molecular complexity index is 434. The van der Waals surface area contributed by atoms with Gasteiger partial charge in [-0.3, -0.25) is 4.90 Å². The number of piperidine rings is 1. The molecule has 1 aliphatic heterocycles. The maximum absolute atomic E-state index is 6.24. The molecule has 0 saturated carbocycles. The molecule has 1 heterocycles. The molecule has 20 heavy (non-hydrogen) atoms. The zero-order chi connectivity index (χ0) is 14.4. The lowest BCUT2D eigenvalue weighted by Crippen LogP contribution is -2.33. The van der Waals surface area contributed by atoms with Crippen molar-refractivity contribution in [2.24, 2.45) is 0 Å². The molecule has 1 aromatic rings. The van der Waals surface area contributed by atoms with E-state index < -0.39 is 0 Å². The van der Waals surface area contributed by atoms with E-state index in [1.807, 2.05) is 13.1 Å². The average molecular weight is 317 g/mol. The summed E-state index contributed by atoms with van der Waals surface area (Å²) in [5.74, 6) is 0.752. The number of rotatable bonds is 6. The Hall–Kier alpha value is -0.480. The van der Waals surface area contributed by atoms with E-state index in [9.17, 15) is 0 Å². The lowest BCUT2D eigenvalue weighted by molar-refractivity contribution is 0.182. The smallest absolute Gasteiger partial charge is 0.142 e. The van der Waals surface area contributed by atoms with Crippen LogP contribution in [0.1, 0.15) is 24.8 Å². The van der Waals surface area contributed by atoms with Crippen LogP contribution in [0.25, 0.3) is 0 Å². The fourth-order valence-corrected chi connectivity index (χ4v) is 3.15. The highest BCUT2D eigenvalue weighted by atomic mass is 35.5. The Balaban J connectivity index is 1.93. The number of hydrogen-bond acceptors (Lipinski definition) is 3. The van der Waals surface area contributed by atoms with Crippen LogP contribution in [0, 0.1) is 0 Å². The van der Waals surface area contributed by atoms with E-state index in [1.165, 1.54) is 32.4 Å². The van der Waals surface area contributed by atoms with Gasteiger partial charge < -0.3 is 10.1 Å². The SMILES string of the molecule is CNCc1cc(Cl)cc(Cl)c1OCCN1CCCCC1. The molecule has 1 aliphatic rings. The highest BCUT2D eigenvalue weighted by molar-refractivity contribution is 6.35. The van der Waals surface area contributed by atoms with Gasteiger partial charge in [-0.15, -0.1) is 0 Å². The molecular formula is C15H22Cl2N2O. The summed E-state index contributed by atoms with van der Waals surface area (Å²) in [6, 6.07) is 3.64. The molecule has 0 amide bonds. The van der Waals surface area contributed by atoms with Crippen molar-refractivity contribution in [1.82, 2.24) is 10.2 Å². The average Bonchev–Trinajstić information content (AvgIpc) is 2.43. The first-order valence-electron chi connectivity index (χ1n) is 7.18. The van der Waals surface area contributed by atoms with Gasteiger partial charge in [0.2, 0.25) is 0 Å². The predicted octanol–water partition coefficient (Wildman–Crippen LogP) is 3.58. The molecule has 0 unspecified atom stereocenters. The zero-order valence-corrected chi connectivity index (χ0v) is 13.4. The quantitative estimate of drug-likeness (QED) is 0.868. The molecule has 1 N–H and O–H groups in total. The highest BCUT2D eigenvalue weighted by Crippen LogP contribution is 2.32. The fourth-order valence-electron chi connectivity index (χ4n) is 2.56. The first-order chi connectivity index (χ1) is 9.70. The van der Waals surface area contributed by atoms with E-state index >= 15 is 0 Å². The monoisotopic (exact) mass is 316 g/mol. The first-order valence-corrected chi connectivity index (χ1v) is 7.94. The number of nitrogens with one attached hydrogen (secondary N) is 1. The van der Waals surface area contributed by atoms with Gasteiger partial charge in [-0.1, -0.05) is 29.6 Å². The molecule has 1 saturated heterocycles. The molecule has 2 rings (SSSR count). The maximum Gasteiger partial charge on any atom is 0.142 e. The highest BCUT2D eigenvalue weighted by Gasteiger charge is 2.13. The largest absolute Gasteiger partial charge is 0.490 e. The van der Waals surface area contributed by atoms with Gasteiger partial charge >= 0.3 is 0 Å². The molecule has 0 aliphatic carbocycles. The molecule has 5 heteroatoms. The minimum atomic E-state index is 0.585. The Labute approximate surface area is 131 Å². The summed E-state index contributed by atoms with van der Waals surface area (Å²) in [7, 11) is 1.90. The maximum atomic E-state index is 6.24. The van der Waals surface area contributed by atoms with Gasteiger partial charge in [0.1, 0.15) is 12.4 Å². The molecule has 112 valence electrons. The van der Waals surface area contributed by atoms with E-state index in [4.69, 9.17) is 27.9 Å². The second kappa shape index (κ2) is 8.08. The Kier molecular flexibility index (Phi) is 6.43. The minimum Gasteiger partial charge on any atom is -0.490 e. The molecular weight excluding hydrogens is 295 g/mol. The molecule has 0 spiro atoms. The van der Waals surface area contributed by atoms with Gasteiger partial charge in [-0.05, 0) is 45.1 Å². The van der Waals surface area contributed by atoms with Gasteiger partial charge in [-0.25, -0.2) is 0 Å². The van der Waals surface area contributed by atoms with Crippen molar-refractivity contribution in [2.45, 2.75) is 25.8 Å². The molecule has 1 aromatic carbocycles. The van der Waals surface area contributed by atoms with Crippen LogP contribution in [-0.4, -0.2) is 38.2 Å². The van der Waals surface area contributed by atoms with E-state index in [-0.39, 0.29) is 0 Å². The molecule has 0 atom stereocenters. The van der Waals surface area contributed by atoms with Crippen molar-refractivity contribution >= 4 is 23.2 Å². The summed E-state index contributed by atoms with van der Waals surface area (Å²) in [6.07, 6.45) is 3.95. The Morgan fingerprint density at radius 2 is 1.95 bits per heavy atom. The summed E-state index contributed by atoms with van der Waals surface area (Å²) >= 11 is 12.3. The molecule has 0 radical (unpaired) electrons. The van der Waals surface area contributed by atoms with Gasteiger partial charge in [0.05, 0.1) is 5.02 Å². The fraction of sp³-hybridized carbons (Fsp3) is 0.600. The third-order valence-electron chi connectivity index (χ3n) is 3.56. The minimum absolute atomic E-state index is 0.585. The van der Waals surface area contributed by atoms with Crippen molar-refractivity contribution in [3.63, 3.8) is 0 Å². The number of ether oxygens (including phenoxy) is 1. The van der Waals surface area contributed by atoms with Gasteiger partial charge in [-0.2, -0.15) is 0 Å². The normalized spacial score (nSPS) is 16.4. The standard InChI is InChI=1S/C15H22Cl2N2O/c1-18-11-12-9-13(16)10-14(17)15(12)20-8-7-19-5-3-2-4-6-19/h9-10,18H,2-8,11H2,1H3. The summed E-state index contributed by atoms with van der Waals surface area (Å²) in [5, 5.41) is 4.34. The van der Waals surface area contributed by atoms with E-state index in [0.29, 0.717) is 23.2 Å². The lowest BCUT2D eigenvalue weighted by Gasteiger charge is -2.26. The Morgan fingerprint density at radius 1 is 1.20 bits per heavy atom. The van der Waals surface area contributed by atoms with E-state index in [2.05, 4.69) is 10.2 Å². The van der Waals surface area contributed by atoms with E-state index in [1.54, 1.807) is 6.07 Å². The van der Waals surface area contributed by atoms with Crippen LogP contribution in [0.4, 0.5) is 0 Å². The summed E-state index contributed by atoms with van der Waals surface area (Å²) < 4.78 is 5.91. The van der Waals surface area contributed by atoms with Crippen molar-refractivity contribution in [2.75, 3.05) is 33.3 Å². The number of benzene rings is 1. The van der Waals surface area contributed by atoms with Crippen molar-refractivity contribution in [3.05, 3.63) is 27.7 Å². The molecule has 1 fully saturated rings. The van der Waals surface area contributed by atoms with Gasteiger partial charge in [0.25, 0.3) is 0 Å². The van der Waals surface area contributed by atoms with Crippen LogP contribution in [0.5, 0.6) is 5.75 Å². The summed E-state index contributed by atoms with van der Waals surface area (Å²) in [5.41, 5.74) is 1.00. The predicted molar refractivity (Wildman–Crippen MR) is 85.0 cm³/mol. The third-order valence-corrected chi connectivity index (χ3v) is 4.05.